The second kappa shape index (κ2) is 10.0. The summed E-state index contributed by atoms with van der Waals surface area (Å²) in [6, 6.07) is 7.23. The molecule has 0 fully saturated rings. The molecule has 156 valence electrons. The van der Waals surface area contributed by atoms with Crippen molar-refractivity contribution in [3.63, 3.8) is 0 Å². The monoisotopic (exact) mass is 417 g/mol. The number of H-pyrrole nitrogens is 1. The van der Waals surface area contributed by atoms with Crippen LogP contribution in [0, 0.1) is 0 Å². The van der Waals surface area contributed by atoms with Gasteiger partial charge < -0.3 is 15.0 Å². The smallest absolute Gasteiger partial charge is 0.256 e. The summed E-state index contributed by atoms with van der Waals surface area (Å²) >= 11 is 5.98. The molecule has 1 aliphatic heterocycles. The number of benzene rings is 1. The Bertz CT molecular complexity index is 895. The molecule has 1 unspecified atom stereocenters. The van der Waals surface area contributed by atoms with Crippen molar-refractivity contribution in [3.8, 4) is 11.4 Å². The number of unbranched alkanes of at least 4 members (excludes halogenated alkanes) is 2. The second-order valence-corrected chi connectivity index (χ2v) is 8.02. The highest BCUT2D eigenvalue weighted by Crippen LogP contribution is 2.31. The van der Waals surface area contributed by atoms with Crippen LogP contribution >= 0.6 is 11.6 Å². The van der Waals surface area contributed by atoms with Crippen molar-refractivity contribution in [2.24, 2.45) is 0 Å². The lowest BCUT2D eigenvalue weighted by Crippen LogP contribution is -2.41. The van der Waals surface area contributed by atoms with Crippen LogP contribution in [-0.2, 0) is 11.3 Å². The molecule has 0 bridgehead atoms. The fourth-order valence-electron chi connectivity index (χ4n) is 3.81. The zero-order valence-electron chi connectivity index (χ0n) is 16.8. The summed E-state index contributed by atoms with van der Waals surface area (Å²) in [4.78, 5) is 34.9. The highest BCUT2D eigenvalue weighted by atomic mass is 35.5. The summed E-state index contributed by atoms with van der Waals surface area (Å²) in [6.07, 6.45) is 4.87. The number of fused-ring (bicyclic) bond motifs is 1. The summed E-state index contributed by atoms with van der Waals surface area (Å²) in [5, 5.41) is 9.65. The molecule has 0 aliphatic carbocycles. The average Bonchev–Trinajstić information content (AvgIpc) is 2.72. The number of hydrogen-bond donors (Lipinski definition) is 2. The first-order valence-electron chi connectivity index (χ1n) is 10.3. The Morgan fingerprint density at radius 2 is 2.03 bits per heavy atom. The van der Waals surface area contributed by atoms with Crippen molar-refractivity contribution in [1.29, 1.82) is 0 Å². The third-order valence-electron chi connectivity index (χ3n) is 5.40. The molecular formula is C22H28ClN3O3. The van der Waals surface area contributed by atoms with E-state index >= 15 is 0 Å². The summed E-state index contributed by atoms with van der Waals surface area (Å²) in [5.41, 5.74) is 2.00. The van der Waals surface area contributed by atoms with Crippen LogP contribution in [-0.4, -0.2) is 39.0 Å². The van der Waals surface area contributed by atoms with Crippen LogP contribution in [0.5, 0.6) is 0 Å². The molecule has 0 saturated heterocycles. The summed E-state index contributed by atoms with van der Waals surface area (Å²) < 4.78 is 0. The SMILES string of the molecule is CCCCCC1CN(C(=O)CCCO)Cc2c1nc(-c1ccc(Cl)cc1)[nH]c2=O. The number of aromatic nitrogens is 2. The van der Waals surface area contributed by atoms with E-state index in [0.717, 1.165) is 36.9 Å². The van der Waals surface area contributed by atoms with Crippen molar-refractivity contribution in [2.45, 2.75) is 57.9 Å². The number of rotatable bonds is 8. The summed E-state index contributed by atoms with van der Waals surface area (Å²) in [7, 11) is 0. The van der Waals surface area contributed by atoms with Gasteiger partial charge in [0.2, 0.25) is 5.91 Å². The van der Waals surface area contributed by atoms with Gasteiger partial charge in [-0.05, 0) is 37.1 Å². The molecule has 1 amide bonds. The maximum absolute atomic E-state index is 12.9. The Kier molecular flexibility index (Phi) is 7.45. The standard InChI is InChI=1S/C22H28ClN3O3/c1-2-3-4-6-16-13-26(19(28)7-5-12-27)14-18-20(16)24-21(25-22(18)29)15-8-10-17(23)11-9-15/h8-11,16,27H,2-7,12-14H2,1H3,(H,24,25,29). The Labute approximate surface area is 175 Å². The van der Waals surface area contributed by atoms with Gasteiger partial charge in [0, 0.05) is 36.1 Å². The third-order valence-corrected chi connectivity index (χ3v) is 5.65. The zero-order chi connectivity index (χ0) is 20.8. The van der Waals surface area contributed by atoms with E-state index in [4.69, 9.17) is 21.7 Å². The van der Waals surface area contributed by atoms with Crippen LogP contribution in [0.25, 0.3) is 11.4 Å². The van der Waals surface area contributed by atoms with Crippen LogP contribution in [0.15, 0.2) is 29.1 Å². The first kappa shape index (κ1) is 21.5. The number of carbonyl (C=O) groups is 1. The molecular weight excluding hydrogens is 390 g/mol. The van der Waals surface area contributed by atoms with Gasteiger partial charge in [0.1, 0.15) is 5.82 Å². The predicted molar refractivity (Wildman–Crippen MR) is 114 cm³/mol. The molecule has 1 aliphatic rings. The molecule has 2 heterocycles. The van der Waals surface area contributed by atoms with Crippen molar-refractivity contribution >= 4 is 17.5 Å². The van der Waals surface area contributed by atoms with E-state index < -0.39 is 0 Å². The van der Waals surface area contributed by atoms with Crippen LogP contribution in [0.3, 0.4) is 0 Å². The fourth-order valence-corrected chi connectivity index (χ4v) is 3.93. The molecule has 6 nitrogen and oxygen atoms in total. The minimum atomic E-state index is -0.194. The number of aliphatic hydroxyl groups is 1. The van der Waals surface area contributed by atoms with E-state index in [-0.39, 0.29) is 30.5 Å². The highest BCUT2D eigenvalue weighted by Gasteiger charge is 2.31. The minimum Gasteiger partial charge on any atom is -0.396 e. The third kappa shape index (κ3) is 5.25. The Morgan fingerprint density at radius 1 is 1.28 bits per heavy atom. The zero-order valence-corrected chi connectivity index (χ0v) is 17.5. The van der Waals surface area contributed by atoms with Crippen LogP contribution < -0.4 is 5.56 Å². The number of amides is 1. The molecule has 29 heavy (non-hydrogen) atoms. The van der Waals surface area contributed by atoms with Crippen molar-refractivity contribution < 1.29 is 9.90 Å². The number of hydrogen-bond acceptors (Lipinski definition) is 4. The normalized spacial score (nSPS) is 16.0. The van der Waals surface area contributed by atoms with E-state index in [1.165, 1.54) is 0 Å². The quantitative estimate of drug-likeness (QED) is 0.638. The first-order chi connectivity index (χ1) is 14.0. The van der Waals surface area contributed by atoms with E-state index in [1.54, 1.807) is 17.0 Å². The molecule has 0 spiro atoms. The van der Waals surface area contributed by atoms with Gasteiger partial charge in [-0.1, -0.05) is 37.8 Å². The summed E-state index contributed by atoms with van der Waals surface area (Å²) in [6.45, 7) is 2.98. The van der Waals surface area contributed by atoms with Gasteiger partial charge in [-0.3, -0.25) is 9.59 Å². The molecule has 1 aromatic carbocycles. The molecule has 1 aromatic heterocycles. The second-order valence-electron chi connectivity index (χ2n) is 7.58. The lowest BCUT2D eigenvalue weighted by Gasteiger charge is -2.34. The Balaban J connectivity index is 1.94. The molecule has 1 atom stereocenters. The van der Waals surface area contributed by atoms with E-state index in [2.05, 4.69) is 11.9 Å². The topological polar surface area (TPSA) is 86.3 Å². The molecule has 3 rings (SSSR count). The van der Waals surface area contributed by atoms with Gasteiger partial charge in [0.05, 0.1) is 17.8 Å². The summed E-state index contributed by atoms with van der Waals surface area (Å²) in [5.74, 6) is 0.550. The number of aromatic amines is 1. The minimum absolute atomic E-state index is 0.0112. The molecule has 0 radical (unpaired) electrons. The van der Waals surface area contributed by atoms with E-state index in [9.17, 15) is 9.59 Å². The van der Waals surface area contributed by atoms with Crippen LogP contribution in [0.2, 0.25) is 5.02 Å². The fraction of sp³-hybridized carbons (Fsp3) is 0.500. The predicted octanol–water partition coefficient (Wildman–Crippen LogP) is 3.87. The van der Waals surface area contributed by atoms with Gasteiger partial charge in [-0.25, -0.2) is 4.98 Å². The largest absolute Gasteiger partial charge is 0.396 e. The van der Waals surface area contributed by atoms with Crippen molar-refractivity contribution in [3.05, 3.63) is 50.9 Å². The number of nitrogens with one attached hydrogen (secondary N) is 1. The Hall–Kier alpha value is -2.18. The first-order valence-corrected chi connectivity index (χ1v) is 10.7. The highest BCUT2D eigenvalue weighted by molar-refractivity contribution is 6.30. The number of aliphatic hydroxyl groups excluding tert-OH is 1. The van der Waals surface area contributed by atoms with Crippen molar-refractivity contribution in [1.82, 2.24) is 14.9 Å². The van der Waals surface area contributed by atoms with E-state index in [1.807, 2.05) is 12.1 Å². The number of halogens is 1. The number of nitrogens with zero attached hydrogens (tertiary/aromatic N) is 2. The molecule has 0 saturated carbocycles. The van der Waals surface area contributed by atoms with Gasteiger partial charge >= 0.3 is 0 Å². The Morgan fingerprint density at radius 3 is 2.72 bits per heavy atom. The average molecular weight is 418 g/mol. The van der Waals surface area contributed by atoms with Gasteiger partial charge in [-0.2, -0.15) is 0 Å². The van der Waals surface area contributed by atoms with E-state index in [0.29, 0.717) is 35.8 Å². The van der Waals surface area contributed by atoms with Gasteiger partial charge in [0.15, 0.2) is 0 Å². The molecule has 7 heteroatoms. The lowest BCUT2D eigenvalue weighted by atomic mass is 9.90. The van der Waals surface area contributed by atoms with Gasteiger partial charge in [0.25, 0.3) is 5.56 Å². The van der Waals surface area contributed by atoms with Crippen molar-refractivity contribution in [2.75, 3.05) is 13.2 Å². The maximum atomic E-state index is 12.9. The molecule has 2 N–H and O–H groups in total. The van der Waals surface area contributed by atoms with Gasteiger partial charge in [-0.15, -0.1) is 0 Å². The lowest BCUT2D eigenvalue weighted by molar-refractivity contribution is -0.132. The maximum Gasteiger partial charge on any atom is 0.256 e. The van der Waals surface area contributed by atoms with Crippen LogP contribution in [0.4, 0.5) is 0 Å². The number of carbonyl (C=O) groups excluding carboxylic acids is 1. The molecule has 2 aromatic rings. The van der Waals surface area contributed by atoms with Crippen LogP contribution in [0.1, 0.15) is 62.6 Å².